The molecular formula is C17H15F3N2O2. The van der Waals surface area contributed by atoms with Gasteiger partial charge in [-0.25, -0.2) is 4.98 Å². The molecule has 4 nitrogen and oxygen atoms in total. The Balaban J connectivity index is 1.62. The number of pyridine rings is 1. The summed E-state index contributed by atoms with van der Waals surface area (Å²) >= 11 is 0. The Morgan fingerprint density at radius 1 is 1.21 bits per heavy atom. The van der Waals surface area contributed by atoms with Crippen LogP contribution in [0.25, 0.3) is 0 Å². The minimum Gasteiger partial charge on any atom is -0.470 e. The van der Waals surface area contributed by atoms with Gasteiger partial charge in [0, 0.05) is 11.8 Å². The molecule has 1 aliphatic heterocycles. The second-order valence-corrected chi connectivity index (χ2v) is 5.67. The van der Waals surface area contributed by atoms with Crippen LogP contribution >= 0.6 is 0 Å². The van der Waals surface area contributed by atoms with E-state index in [4.69, 9.17) is 4.74 Å². The number of amides is 1. The summed E-state index contributed by atoms with van der Waals surface area (Å²) in [5.74, 6) is -0.607. The van der Waals surface area contributed by atoms with E-state index in [1.807, 2.05) is 19.1 Å². The second-order valence-electron chi connectivity index (χ2n) is 5.67. The highest BCUT2D eigenvalue weighted by molar-refractivity contribution is 5.94. The molecule has 0 N–H and O–H groups in total. The van der Waals surface area contributed by atoms with Gasteiger partial charge in [-0.15, -0.1) is 0 Å². The van der Waals surface area contributed by atoms with Crippen molar-refractivity contribution in [1.29, 1.82) is 0 Å². The van der Waals surface area contributed by atoms with Crippen molar-refractivity contribution in [2.45, 2.75) is 19.2 Å². The first-order valence-electron chi connectivity index (χ1n) is 7.39. The molecule has 1 amide bonds. The fraction of sp³-hybridized carbons (Fsp3) is 0.294. The van der Waals surface area contributed by atoms with Gasteiger partial charge in [-0.3, -0.25) is 4.79 Å². The van der Waals surface area contributed by atoms with E-state index in [2.05, 4.69) is 4.98 Å². The summed E-state index contributed by atoms with van der Waals surface area (Å²) in [4.78, 5) is 17.4. The SMILES string of the molecule is Cc1ccc(C(=O)N2CC(Oc3ncccc3C(F)(F)F)C2)cc1. The van der Waals surface area contributed by atoms with Crippen LogP contribution < -0.4 is 4.74 Å². The number of carbonyl (C=O) groups excluding carboxylic acids is 1. The number of aryl methyl sites for hydroxylation is 1. The number of hydrogen-bond donors (Lipinski definition) is 0. The van der Waals surface area contributed by atoms with Gasteiger partial charge in [0.15, 0.2) is 0 Å². The lowest BCUT2D eigenvalue weighted by atomic mass is 10.1. The smallest absolute Gasteiger partial charge is 0.421 e. The van der Waals surface area contributed by atoms with Gasteiger partial charge in [-0.2, -0.15) is 13.2 Å². The molecule has 0 saturated carbocycles. The highest BCUT2D eigenvalue weighted by atomic mass is 19.4. The standard InChI is InChI=1S/C17H15F3N2O2/c1-11-4-6-12(7-5-11)16(23)22-9-13(10-22)24-15-14(17(18,19)20)3-2-8-21-15/h2-8,13H,9-10H2,1H3. The zero-order valence-corrected chi connectivity index (χ0v) is 12.9. The summed E-state index contributed by atoms with van der Waals surface area (Å²) in [7, 11) is 0. The quantitative estimate of drug-likeness (QED) is 0.864. The first-order valence-corrected chi connectivity index (χ1v) is 7.39. The molecule has 3 rings (SSSR count). The van der Waals surface area contributed by atoms with E-state index >= 15 is 0 Å². The average Bonchev–Trinajstić information content (AvgIpc) is 2.50. The van der Waals surface area contributed by atoms with Gasteiger partial charge in [0.05, 0.1) is 13.1 Å². The minimum atomic E-state index is -4.52. The lowest BCUT2D eigenvalue weighted by Crippen LogP contribution is -2.56. The van der Waals surface area contributed by atoms with Crippen molar-refractivity contribution in [2.24, 2.45) is 0 Å². The third kappa shape index (κ3) is 3.34. The number of aromatic nitrogens is 1. The fourth-order valence-electron chi connectivity index (χ4n) is 2.42. The number of nitrogens with zero attached hydrogens (tertiary/aromatic N) is 2. The monoisotopic (exact) mass is 336 g/mol. The van der Waals surface area contributed by atoms with Gasteiger partial charge in [0.25, 0.3) is 5.91 Å². The Morgan fingerprint density at radius 3 is 2.50 bits per heavy atom. The number of alkyl halides is 3. The number of carbonyl (C=O) groups is 1. The topological polar surface area (TPSA) is 42.4 Å². The number of ether oxygens (including phenoxy) is 1. The summed E-state index contributed by atoms with van der Waals surface area (Å²) in [6, 6.07) is 9.27. The first kappa shape index (κ1) is 16.3. The molecule has 0 radical (unpaired) electrons. The number of benzene rings is 1. The normalized spacial score (nSPS) is 15.1. The molecule has 1 aliphatic rings. The predicted molar refractivity (Wildman–Crippen MR) is 80.7 cm³/mol. The Labute approximate surface area is 136 Å². The number of likely N-dealkylation sites (tertiary alicyclic amines) is 1. The van der Waals surface area contributed by atoms with Crippen LogP contribution in [0.2, 0.25) is 0 Å². The van der Waals surface area contributed by atoms with Crippen LogP contribution in [-0.2, 0) is 6.18 Å². The van der Waals surface area contributed by atoms with Crippen LogP contribution in [0.3, 0.4) is 0 Å². The molecule has 1 fully saturated rings. The van der Waals surface area contributed by atoms with Crippen LogP contribution in [-0.4, -0.2) is 35.0 Å². The molecule has 1 aromatic carbocycles. The number of rotatable bonds is 3. The Kier molecular flexibility index (Phi) is 4.17. The predicted octanol–water partition coefficient (Wildman–Crippen LogP) is 3.31. The molecule has 0 spiro atoms. The highest BCUT2D eigenvalue weighted by Gasteiger charge is 2.38. The van der Waals surface area contributed by atoms with Crippen molar-refractivity contribution in [3.05, 3.63) is 59.3 Å². The molecule has 2 aromatic rings. The zero-order valence-electron chi connectivity index (χ0n) is 12.9. The summed E-state index contributed by atoms with van der Waals surface area (Å²) < 4.78 is 44.0. The third-order valence-electron chi connectivity index (χ3n) is 3.79. The molecule has 2 heterocycles. The van der Waals surface area contributed by atoms with Crippen LogP contribution in [0, 0.1) is 6.92 Å². The maximum atomic E-state index is 12.9. The molecule has 126 valence electrons. The summed E-state index contributed by atoms with van der Waals surface area (Å²) in [5.41, 5.74) is 0.687. The van der Waals surface area contributed by atoms with E-state index in [0.29, 0.717) is 5.56 Å². The van der Waals surface area contributed by atoms with E-state index in [9.17, 15) is 18.0 Å². The van der Waals surface area contributed by atoms with Crippen molar-refractivity contribution in [3.63, 3.8) is 0 Å². The Morgan fingerprint density at radius 2 is 1.88 bits per heavy atom. The van der Waals surface area contributed by atoms with E-state index < -0.39 is 23.7 Å². The van der Waals surface area contributed by atoms with Crippen molar-refractivity contribution in [2.75, 3.05) is 13.1 Å². The lowest BCUT2D eigenvalue weighted by Gasteiger charge is -2.39. The fourth-order valence-corrected chi connectivity index (χ4v) is 2.42. The number of halogens is 3. The Bertz CT molecular complexity index is 738. The molecule has 0 aliphatic carbocycles. The van der Waals surface area contributed by atoms with Crippen molar-refractivity contribution < 1.29 is 22.7 Å². The summed E-state index contributed by atoms with van der Waals surface area (Å²) in [6.45, 7) is 2.40. The van der Waals surface area contributed by atoms with Crippen molar-refractivity contribution in [1.82, 2.24) is 9.88 Å². The highest BCUT2D eigenvalue weighted by Crippen LogP contribution is 2.35. The average molecular weight is 336 g/mol. The molecular weight excluding hydrogens is 321 g/mol. The maximum absolute atomic E-state index is 12.9. The molecule has 1 aromatic heterocycles. The van der Waals surface area contributed by atoms with Gasteiger partial charge in [0.2, 0.25) is 5.88 Å². The van der Waals surface area contributed by atoms with Crippen LogP contribution in [0.5, 0.6) is 5.88 Å². The van der Waals surface area contributed by atoms with Crippen LogP contribution in [0.1, 0.15) is 21.5 Å². The summed E-state index contributed by atoms with van der Waals surface area (Å²) in [6.07, 6.45) is -3.76. The Hall–Kier alpha value is -2.57. The van der Waals surface area contributed by atoms with Gasteiger partial charge in [0.1, 0.15) is 11.7 Å². The van der Waals surface area contributed by atoms with Gasteiger partial charge < -0.3 is 9.64 Å². The van der Waals surface area contributed by atoms with Gasteiger partial charge >= 0.3 is 6.18 Å². The zero-order chi connectivity index (χ0) is 17.3. The molecule has 1 saturated heterocycles. The number of hydrogen-bond acceptors (Lipinski definition) is 3. The van der Waals surface area contributed by atoms with E-state index in [0.717, 1.165) is 11.6 Å². The van der Waals surface area contributed by atoms with Gasteiger partial charge in [-0.05, 0) is 31.2 Å². The molecule has 0 bridgehead atoms. The van der Waals surface area contributed by atoms with Crippen molar-refractivity contribution in [3.8, 4) is 5.88 Å². The summed E-state index contributed by atoms with van der Waals surface area (Å²) in [5, 5.41) is 0. The van der Waals surface area contributed by atoms with Crippen LogP contribution in [0.15, 0.2) is 42.6 Å². The maximum Gasteiger partial charge on any atom is 0.421 e. The van der Waals surface area contributed by atoms with Gasteiger partial charge in [-0.1, -0.05) is 17.7 Å². The van der Waals surface area contributed by atoms with E-state index in [1.165, 1.54) is 17.2 Å². The molecule has 0 atom stereocenters. The largest absolute Gasteiger partial charge is 0.470 e. The van der Waals surface area contributed by atoms with Crippen LogP contribution in [0.4, 0.5) is 13.2 Å². The third-order valence-corrected chi connectivity index (χ3v) is 3.79. The first-order chi connectivity index (χ1) is 11.3. The molecule has 0 unspecified atom stereocenters. The molecule has 7 heteroatoms. The van der Waals surface area contributed by atoms with E-state index in [-0.39, 0.29) is 19.0 Å². The minimum absolute atomic E-state index is 0.160. The lowest BCUT2D eigenvalue weighted by molar-refractivity contribution is -0.140. The van der Waals surface area contributed by atoms with E-state index in [1.54, 1.807) is 12.1 Å². The van der Waals surface area contributed by atoms with Crippen molar-refractivity contribution >= 4 is 5.91 Å². The molecule has 24 heavy (non-hydrogen) atoms. The second kappa shape index (κ2) is 6.14.